The number of rotatable bonds is 9. The molecule has 1 heterocycles. The third-order valence-corrected chi connectivity index (χ3v) is 5.02. The van der Waals surface area contributed by atoms with Gasteiger partial charge in [-0.1, -0.05) is 42.5 Å². The van der Waals surface area contributed by atoms with Crippen LogP contribution in [0.25, 0.3) is 6.08 Å². The second-order valence-electron chi connectivity index (χ2n) is 7.44. The van der Waals surface area contributed by atoms with Crippen molar-refractivity contribution in [2.24, 2.45) is 0 Å². The number of hydrogen-bond acceptors (Lipinski definition) is 3. The lowest BCUT2D eigenvalue weighted by molar-refractivity contribution is -0.117. The molecule has 0 spiro atoms. The monoisotopic (exact) mass is 391 g/mol. The van der Waals surface area contributed by atoms with Crippen molar-refractivity contribution < 1.29 is 9.59 Å². The van der Waals surface area contributed by atoms with Gasteiger partial charge in [-0.25, -0.2) is 0 Å². The van der Waals surface area contributed by atoms with Crippen LogP contribution in [0, 0.1) is 0 Å². The molecule has 0 atom stereocenters. The van der Waals surface area contributed by atoms with Crippen molar-refractivity contribution in [2.45, 2.75) is 25.8 Å². The second-order valence-corrected chi connectivity index (χ2v) is 7.44. The maximum atomic E-state index is 12.0. The zero-order chi connectivity index (χ0) is 20.5. The Bertz CT molecular complexity index is 831. The van der Waals surface area contributed by atoms with Gasteiger partial charge in [-0.05, 0) is 55.8 Å². The average Bonchev–Trinajstić information content (AvgIpc) is 3.17. The number of carbonyl (C=O) groups excluding carboxylic acids is 2. The van der Waals surface area contributed by atoms with Crippen LogP contribution in [0.5, 0.6) is 0 Å². The minimum atomic E-state index is -0.0884. The zero-order valence-electron chi connectivity index (χ0n) is 17.0. The van der Waals surface area contributed by atoms with Gasteiger partial charge in [-0.2, -0.15) is 0 Å². The van der Waals surface area contributed by atoms with Crippen LogP contribution in [-0.4, -0.2) is 43.4 Å². The van der Waals surface area contributed by atoms with Gasteiger partial charge in [0.25, 0.3) is 0 Å². The van der Waals surface area contributed by atoms with Gasteiger partial charge in [0.1, 0.15) is 0 Å². The molecule has 5 heteroatoms. The van der Waals surface area contributed by atoms with E-state index < -0.39 is 0 Å². The molecule has 3 rings (SSSR count). The lowest BCUT2D eigenvalue weighted by Gasteiger charge is -2.16. The summed E-state index contributed by atoms with van der Waals surface area (Å²) in [5.41, 5.74) is 3.16. The predicted octanol–water partition coefficient (Wildman–Crippen LogP) is 3.46. The van der Waals surface area contributed by atoms with E-state index >= 15 is 0 Å². The lowest BCUT2D eigenvalue weighted by Crippen LogP contribution is -2.26. The second kappa shape index (κ2) is 10.6. The van der Waals surface area contributed by atoms with Crippen molar-refractivity contribution in [1.29, 1.82) is 0 Å². The lowest BCUT2D eigenvalue weighted by atomic mass is 10.2. The number of nitrogens with zero attached hydrogens (tertiary/aromatic N) is 2. The van der Waals surface area contributed by atoms with Crippen LogP contribution >= 0.6 is 0 Å². The Balaban J connectivity index is 1.35. The van der Waals surface area contributed by atoms with Gasteiger partial charge in [-0.3, -0.25) is 9.59 Å². The normalized spacial score (nSPS) is 14.1. The first-order chi connectivity index (χ1) is 14.1. The summed E-state index contributed by atoms with van der Waals surface area (Å²) >= 11 is 0. The van der Waals surface area contributed by atoms with Gasteiger partial charge in [0.05, 0.1) is 0 Å². The Labute approximate surface area is 173 Å². The van der Waals surface area contributed by atoms with Gasteiger partial charge in [0.15, 0.2) is 0 Å². The van der Waals surface area contributed by atoms with Crippen molar-refractivity contribution in [1.82, 2.24) is 10.2 Å². The van der Waals surface area contributed by atoms with E-state index in [4.69, 9.17) is 0 Å². The molecular formula is C24H29N3O2. The fraction of sp³-hybridized carbons (Fsp3) is 0.333. The first-order valence-corrected chi connectivity index (χ1v) is 10.2. The summed E-state index contributed by atoms with van der Waals surface area (Å²) in [6.45, 7) is 3.28. The number of anilines is 1. The number of carbonyl (C=O) groups is 2. The topological polar surface area (TPSA) is 52.7 Å². The Morgan fingerprint density at radius 2 is 1.90 bits per heavy atom. The number of amides is 2. The van der Waals surface area contributed by atoms with Crippen LogP contribution in [0.2, 0.25) is 0 Å². The molecule has 29 heavy (non-hydrogen) atoms. The highest BCUT2D eigenvalue weighted by molar-refractivity contribution is 5.95. The maximum absolute atomic E-state index is 12.0. The fourth-order valence-corrected chi connectivity index (χ4v) is 3.45. The Morgan fingerprint density at radius 1 is 1.14 bits per heavy atom. The van der Waals surface area contributed by atoms with Gasteiger partial charge in [0.2, 0.25) is 11.8 Å². The molecule has 1 aliphatic heterocycles. The zero-order valence-corrected chi connectivity index (χ0v) is 17.0. The molecule has 0 aliphatic carbocycles. The Hall–Kier alpha value is -2.92. The summed E-state index contributed by atoms with van der Waals surface area (Å²) in [5, 5.41) is 2.93. The number of nitrogens with one attached hydrogen (secondary N) is 1. The summed E-state index contributed by atoms with van der Waals surface area (Å²) in [6, 6.07) is 18.1. The highest BCUT2D eigenvalue weighted by Gasteiger charge is 2.21. The van der Waals surface area contributed by atoms with Crippen molar-refractivity contribution in [3.05, 3.63) is 71.8 Å². The molecule has 0 saturated carbocycles. The summed E-state index contributed by atoms with van der Waals surface area (Å²) in [5.74, 6) is 0.0941. The number of hydrogen-bond donors (Lipinski definition) is 1. The van der Waals surface area contributed by atoms with Crippen LogP contribution < -0.4 is 10.2 Å². The smallest absolute Gasteiger partial charge is 0.243 e. The summed E-state index contributed by atoms with van der Waals surface area (Å²) in [7, 11) is 2.09. The molecule has 0 aromatic heterocycles. The SMILES string of the molecule is CN(CCCNC(=O)/C=C/c1ccc(N2CCCC2=O)cc1)Cc1ccccc1. The van der Waals surface area contributed by atoms with Crippen molar-refractivity contribution >= 4 is 23.6 Å². The van der Waals surface area contributed by atoms with Crippen molar-refractivity contribution in [3.8, 4) is 0 Å². The Kier molecular flexibility index (Phi) is 7.59. The summed E-state index contributed by atoms with van der Waals surface area (Å²) < 4.78 is 0. The molecule has 0 unspecified atom stereocenters. The van der Waals surface area contributed by atoms with E-state index in [1.807, 2.05) is 35.2 Å². The molecule has 1 aliphatic rings. The van der Waals surface area contributed by atoms with Crippen molar-refractivity contribution in [2.75, 3.05) is 31.6 Å². The summed E-state index contributed by atoms with van der Waals surface area (Å²) in [4.78, 5) is 27.9. The Morgan fingerprint density at radius 3 is 2.59 bits per heavy atom. The van der Waals surface area contributed by atoms with Crippen LogP contribution in [0.15, 0.2) is 60.7 Å². The largest absolute Gasteiger partial charge is 0.353 e. The first kappa shape index (κ1) is 20.8. The van der Waals surface area contributed by atoms with E-state index in [-0.39, 0.29) is 11.8 Å². The van der Waals surface area contributed by atoms with Crippen LogP contribution in [0.1, 0.15) is 30.4 Å². The highest BCUT2D eigenvalue weighted by Crippen LogP contribution is 2.21. The third kappa shape index (κ3) is 6.57. The number of benzene rings is 2. The molecule has 1 N–H and O–H groups in total. The third-order valence-electron chi connectivity index (χ3n) is 5.02. The van der Waals surface area contributed by atoms with E-state index in [0.29, 0.717) is 13.0 Å². The molecule has 2 amide bonds. The van der Waals surface area contributed by atoms with Gasteiger partial charge in [-0.15, -0.1) is 0 Å². The average molecular weight is 392 g/mol. The molecule has 2 aromatic rings. The molecule has 152 valence electrons. The van der Waals surface area contributed by atoms with E-state index in [9.17, 15) is 9.59 Å². The minimum absolute atomic E-state index is 0.0884. The minimum Gasteiger partial charge on any atom is -0.353 e. The van der Waals surface area contributed by atoms with Crippen LogP contribution in [0.3, 0.4) is 0 Å². The van der Waals surface area contributed by atoms with E-state index in [0.717, 1.165) is 43.7 Å². The molecule has 5 nitrogen and oxygen atoms in total. The molecular weight excluding hydrogens is 362 g/mol. The molecule has 1 saturated heterocycles. The fourth-order valence-electron chi connectivity index (χ4n) is 3.45. The van der Waals surface area contributed by atoms with Crippen LogP contribution in [0.4, 0.5) is 5.69 Å². The van der Waals surface area contributed by atoms with E-state index in [1.165, 1.54) is 5.56 Å². The van der Waals surface area contributed by atoms with Crippen LogP contribution in [-0.2, 0) is 16.1 Å². The quantitative estimate of drug-likeness (QED) is 0.526. The van der Waals surface area contributed by atoms with Gasteiger partial charge in [0, 0.05) is 37.8 Å². The molecule has 1 fully saturated rings. The maximum Gasteiger partial charge on any atom is 0.243 e. The highest BCUT2D eigenvalue weighted by atomic mass is 16.2. The molecule has 0 radical (unpaired) electrons. The molecule has 2 aromatic carbocycles. The van der Waals surface area contributed by atoms with E-state index in [1.54, 1.807) is 12.2 Å². The molecule has 0 bridgehead atoms. The van der Waals surface area contributed by atoms with Gasteiger partial charge < -0.3 is 15.1 Å². The predicted molar refractivity (Wildman–Crippen MR) is 117 cm³/mol. The standard InChI is InChI=1S/C24H29N3O2/c1-26(19-21-7-3-2-4-8-21)17-6-16-25-23(28)15-12-20-10-13-22(14-11-20)27-18-5-9-24(27)29/h2-4,7-8,10-15H,5-6,9,16-19H2,1H3,(H,25,28)/b15-12+. The first-order valence-electron chi connectivity index (χ1n) is 10.2. The van der Waals surface area contributed by atoms with Crippen molar-refractivity contribution in [3.63, 3.8) is 0 Å². The van der Waals surface area contributed by atoms with E-state index in [2.05, 4.69) is 41.5 Å². The summed E-state index contributed by atoms with van der Waals surface area (Å²) in [6.07, 6.45) is 5.81. The van der Waals surface area contributed by atoms with Gasteiger partial charge >= 0.3 is 0 Å².